The average Bonchev–Trinajstić information content (AvgIpc) is 2.40. The number of rotatable bonds is 3. The van der Waals surface area contributed by atoms with Crippen LogP contribution in [-0.2, 0) is 0 Å². The normalized spacial score (nSPS) is 11.6. The molecule has 18 heavy (non-hydrogen) atoms. The monoisotopic (exact) mass is 301 g/mol. The third-order valence-corrected chi connectivity index (χ3v) is 3.36. The van der Waals surface area contributed by atoms with Crippen LogP contribution in [-0.4, -0.2) is 4.98 Å². The van der Waals surface area contributed by atoms with Gasteiger partial charge in [0.05, 0.1) is 11.9 Å². The second-order valence-corrected chi connectivity index (χ2v) is 4.79. The lowest BCUT2D eigenvalue weighted by molar-refractivity contribution is 0.877. The molecule has 90 valence electrons. The van der Waals surface area contributed by atoms with Crippen LogP contribution < -0.4 is 5.32 Å². The van der Waals surface area contributed by atoms with Gasteiger partial charge in [-0.25, -0.2) is 4.98 Å². The minimum absolute atomic E-state index is 0.162. The van der Waals surface area contributed by atoms with Gasteiger partial charge in [0.25, 0.3) is 0 Å². The number of aromatic nitrogens is 1. The molecule has 1 atom stereocenters. The Labute approximate surface area is 115 Å². The number of benzene rings is 1. The van der Waals surface area contributed by atoms with Crippen LogP contribution in [0.2, 0.25) is 0 Å². The molecule has 1 aromatic carbocycles. The molecule has 0 aliphatic heterocycles. The van der Waals surface area contributed by atoms with Gasteiger partial charge in [0.1, 0.15) is 11.8 Å². The van der Waals surface area contributed by atoms with Crippen molar-refractivity contribution in [2.45, 2.75) is 13.0 Å². The summed E-state index contributed by atoms with van der Waals surface area (Å²) >= 11 is 3.53. The number of nitrogens with zero attached hydrogens (tertiary/aromatic N) is 2. The summed E-state index contributed by atoms with van der Waals surface area (Å²) < 4.78 is 1.08. The van der Waals surface area contributed by atoms with Gasteiger partial charge in [0.2, 0.25) is 0 Å². The minimum atomic E-state index is 0.162. The SMILES string of the molecule is CC(Nc1ccc(C#N)nc1)c1ccccc1Br. The predicted octanol–water partition coefficient (Wildman–Crippen LogP) is 3.89. The van der Waals surface area contributed by atoms with E-state index in [9.17, 15) is 0 Å². The Morgan fingerprint density at radius 1 is 1.28 bits per heavy atom. The molecule has 0 radical (unpaired) electrons. The molecule has 0 amide bonds. The van der Waals surface area contributed by atoms with E-state index in [-0.39, 0.29) is 6.04 Å². The van der Waals surface area contributed by atoms with Crippen LogP contribution >= 0.6 is 15.9 Å². The molecule has 0 saturated heterocycles. The van der Waals surface area contributed by atoms with Gasteiger partial charge in [0.15, 0.2) is 0 Å². The van der Waals surface area contributed by atoms with Crippen molar-refractivity contribution >= 4 is 21.6 Å². The molecule has 0 bridgehead atoms. The molecule has 0 spiro atoms. The first-order valence-corrected chi connectivity index (χ1v) is 6.37. The molecule has 0 saturated carbocycles. The number of pyridine rings is 1. The van der Waals surface area contributed by atoms with E-state index in [0.29, 0.717) is 5.69 Å². The molecule has 2 rings (SSSR count). The lowest BCUT2D eigenvalue weighted by Crippen LogP contribution is -2.07. The molecule has 1 heterocycles. The van der Waals surface area contributed by atoms with Crippen molar-refractivity contribution in [3.05, 3.63) is 58.3 Å². The van der Waals surface area contributed by atoms with E-state index in [1.54, 1.807) is 12.3 Å². The number of nitriles is 1. The second-order valence-electron chi connectivity index (χ2n) is 3.93. The van der Waals surface area contributed by atoms with Gasteiger partial charge in [-0.1, -0.05) is 34.1 Å². The first-order chi connectivity index (χ1) is 8.70. The van der Waals surface area contributed by atoms with E-state index < -0.39 is 0 Å². The van der Waals surface area contributed by atoms with Gasteiger partial charge in [-0.05, 0) is 30.7 Å². The maximum Gasteiger partial charge on any atom is 0.140 e. The fourth-order valence-corrected chi connectivity index (χ4v) is 2.33. The van der Waals surface area contributed by atoms with E-state index in [2.05, 4.69) is 39.2 Å². The van der Waals surface area contributed by atoms with Crippen LogP contribution in [0.5, 0.6) is 0 Å². The smallest absolute Gasteiger partial charge is 0.140 e. The fourth-order valence-electron chi connectivity index (χ4n) is 1.70. The Balaban J connectivity index is 2.14. The third-order valence-electron chi connectivity index (χ3n) is 2.63. The molecule has 1 unspecified atom stereocenters. The zero-order valence-electron chi connectivity index (χ0n) is 9.89. The highest BCUT2D eigenvalue weighted by Gasteiger charge is 2.08. The summed E-state index contributed by atoms with van der Waals surface area (Å²) in [5.74, 6) is 0. The van der Waals surface area contributed by atoms with Gasteiger partial charge in [-0.2, -0.15) is 5.26 Å². The summed E-state index contributed by atoms with van der Waals surface area (Å²) in [6.07, 6.45) is 1.67. The Hall–Kier alpha value is -1.86. The summed E-state index contributed by atoms with van der Waals surface area (Å²) in [7, 11) is 0. The van der Waals surface area contributed by atoms with E-state index in [1.807, 2.05) is 30.3 Å². The van der Waals surface area contributed by atoms with Crippen molar-refractivity contribution in [2.75, 3.05) is 5.32 Å². The van der Waals surface area contributed by atoms with E-state index >= 15 is 0 Å². The van der Waals surface area contributed by atoms with Crippen LogP contribution in [0.1, 0.15) is 24.2 Å². The van der Waals surface area contributed by atoms with E-state index in [4.69, 9.17) is 5.26 Å². The highest BCUT2D eigenvalue weighted by Crippen LogP contribution is 2.25. The van der Waals surface area contributed by atoms with Gasteiger partial charge in [0, 0.05) is 10.5 Å². The highest BCUT2D eigenvalue weighted by molar-refractivity contribution is 9.10. The number of halogens is 1. The molecule has 0 fully saturated rings. The Kier molecular flexibility index (Phi) is 3.96. The van der Waals surface area contributed by atoms with Gasteiger partial charge >= 0.3 is 0 Å². The zero-order valence-corrected chi connectivity index (χ0v) is 11.5. The quantitative estimate of drug-likeness (QED) is 0.935. The maximum absolute atomic E-state index is 8.69. The molecule has 4 heteroatoms. The maximum atomic E-state index is 8.69. The summed E-state index contributed by atoms with van der Waals surface area (Å²) in [4.78, 5) is 4.03. The summed E-state index contributed by atoms with van der Waals surface area (Å²) in [5, 5.41) is 12.0. The van der Waals surface area contributed by atoms with Crippen LogP contribution in [0.25, 0.3) is 0 Å². The molecule has 0 aliphatic carbocycles. The highest BCUT2D eigenvalue weighted by atomic mass is 79.9. The fraction of sp³-hybridized carbons (Fsp3) is 0.143. The van der Waals surface area contributed by atoms with Crippen molar-refractivity contribution in [3.8, 4) is 6.07 Å². The number of nitrogens with one attached hydrogen (secondary N) is 1. The lowest BCUT2D eigenvalue weighted by Gasteiger charge is -2.16. The average molecular weight is 302 g/mol. The molecule has 1 N–H and O–H groups in total. The van der Waals surface area contributed by atoms with Crippen LogP contribution in [0.15, 0.2) is 47.1 Å². The molecule has 2 aromatic rings. The number of hydrogen-bond donors (Lipinski definition) is 1. The van der Waals surface area contributed by atoms with Crippen LogP contribution in [0.3, 0.4) is 0 Å². The van der Waals surface area contributed by atoms with Gasteiger partial charge in [-0.15, -0.1) is 0 Å². The zero-order chi connectivity index (χ0) is 13.0. The van der Waals surface area contributed by atoms with Crippen molar-refractivity contribution in [1.82, 2.24) is 4.98 Å². The van der Waals surface area contributed by atoms with E-state index in [0.717, 1.165) is 10.2 Å². The van der Waals surface area contributed by atoms with Crippen molar-refractivity contribution in [1.29, 1.82) is 5.26 Å². The number of anilines is 1. The first kappa shape index (κ1) is 12.6. The molecular weight excluding hydrogens is 290 g/mol. The summed E-state index contributed by atoms with van der Waals surface area (Å²) in [6, 6.07) is 13.8. The van der Waals surface area contributed by atoms with Crippen molar-refractivity contribution in [2.24, 2.45) is 0 Å². The third kappa shape index (κ3) is 2.88. The van der Waals surface area contributed by atoms with Gasteiger partial charge < -0.3 is 5.32 Å². The molecule has 3 nitrogen and oxygen atoms in total. The Morgan fingerprint density at radius 2 is 2.06 bits per heavy atom. The first-order valence-electron chi connectivity index (χ1n) is 5.58. The molecule has 1 aromatic heterocycles. The predicted molar refractivity (Wildman–Crippen MR) is 75.1 cm³/mol. The number of hydrogen-bond acceptors (Lipinski definition) is 3. The minimum Gasteiger partial charge on any atom is -0.377 e. The second kappa shape index (κ2) is 5.65. The Morgan fingerprint density at radius 3 is 2.67 bits per heavy atom. The molecular formula is C14H12BrN3. The van der Waals surface area contributed by atoms with Crippen LogP contribution in [0, 0.1) is 11.3 Å². The van der Waals surface area contributed by atoms with Crippen molar-refractivity contribution in [3.63, 3.8) is 0 Å². The van der Waals surface area contributed by atoms with E-state index in [1.165, 1.54) is 5.56 Å². The van der Waals surface area contributed by atoms with Crippen molar-refractivity contribution < 1.29 is 0 Å². The Bertz CT molecular complexity index is 572. The standard InChI is InChI=1S/C14H12BrN3/c1-10(13-4-2-3-5-14(13)15)18-12-7-6-11(8-16)17-9-12/h2-7,9-10,18H,1H3. The lowest BCUT2D eigenvalue weighted by atomic mass is 10.1. The summed E-state index contributed by atoms with van der Waals surface area (Å²) in [5.41, 5.74) is 2.51. The van der Waals surface area contributed by atoms with Crippen LogP contribution in [0.4, 0.5) is 5.69 Å². The molecule has 0 aliphatic rings. The topological polar surface area (TPSA) is 48.7 Å². The van der Waals surface area contributed by atoms with Gasteiger partial charge in [-0.3, -0.25) is 0 Å². The summed E-state index contributed by atoms with van der Waals surface area (Å²) in [6.45, 7) is 2.08. The largest absolute Gasteiger partial charge is 0.377 e.